The minimum atomic E-state index is 0.104. The summed E-state index contributed by atoms with van der Waals surface area (Å²) in [7, 11) is 0. The van der Waals surface area contributed by atoms with E-state index in [1.54, 1.807) is 18.2 Å². The number of nitrogens with two attached hydrogens (primary N) is 1. The first-order valence-electron chi connectivity index (χ1n) is 6.02. The van der Waals surface area contributed by atoms with E-state index in [0.29, 0.717) is 28.2 Å². The lowest BCUT2D eigenvalue weighted by Gasteiger charge is -2.09. The summed E-state index contributed by atoms with van der Waals surface area (Å²) in [5.41, 5.74) is 6.92. The molecule has 3 nitrogen and oxygen atoms in total. The van der Waals surface area contributed by atoms with Crippen molar-refractivity contribution in [3.05, 3.63) is 23.2 Å². The summed E-state index contributed by atoms with van der Waals surface area (Å²) in [6, 6.07) is 5.14. The summed E-state index contributed by atoms with van der Waals surface area (Å²) in [4.78, 5) is 12.0. The van der Waals surface area contributed by atoms with Crippen molar-refractivity contribution in [2.24, 2.45) is 17.8 Å². The van der Waals surface area contributed by atoms with Crippen LogP contribution in [-0.2, 0) is 4.79 Å². The molecule has 0 spiro atoms. The Labute approximate surface area is 105 Å². The van der Waals surface area contributed by atoms with Gasteiger partial charge in [-0.15, -0.1) is 0 Å². The summed E-state index contributed by atoms with van der Waals surface area (Å²) in [6.07, 6.45) is 3.68. The summed E-state index contributed by atoms with van der Waals surface area (Å²) >= 11 is 6.02. The van der Waals surface area contributed by atoms with Crippen molar-refractivity contribution in [2.45, 2.75) is 19.3 Å². The Bertz CT molecular complexity index is 464. The molecule has 0 saturated heterocycles. The zero-order valence-corrected chi connectivity index (χ0v) is 10.2. The van der Waals surface area contributed by atoms with E-state index >= 15 is 0 Å². The van der Waals surface area contributed by atoms with E-state index in [0.717, 1.165) is 0 Å². The molecular weight excluding hydrogens is 236 g/mol. The summed E-state index contributed by atoms with van der Waals surface area (Å²) < 4.78 is 0. The van der Waals surface area contributed by atoms with Crippen LogP contribution in [0.25, 0.3) is 0 Å². The summed E-state index contributed by atoms with van der Waals surface area (Å²) in [6.45, 7) is 0. The van der Waals surface area contributed by atoms with Crippen molar-refractivity contribution in [3.8, 4) is 0 Å². The Hall–Kier alpha value is -1.22. The van der Waals surface area contributed by atoms with Crippen LogP contribution in [0.15, 0.2) is 18.2 Å². The van der Waals surface area contributed by atoms with Crippen LogP contribution in [0.1, 0.15) is 19.3 Å². The van der Waals surface area contributed by atoms with Gasteiger partial charge in [0.15, 0.2) is 0 Å². The average molecular weight is 251 g/mol. The van der Waals surface area contributed by atoms with Gasteiger partial charge in [0.2, 0.25) is 5.91 Å². The van der Waals surface area contributed by atoms with Gasteiger partial charge in [0.05, 0.1) is 10.7 Å². The van der Waals surface area contributed by atoms with E-state index in [-0.39, 0.29) is 11.8 Å². The van der Waals surface area contributed by atoms with E-state index in [1.165, 1.54) is 19.3 Å². The maximum Gasteiger partial charge on any atom is 0.228 e. The molecule has 1 aromatic rings. The van der Waals surface area contributed by atoms with Crippen molar-refractivity contribution in [1.29, 1.82) is 0 Å². The third-order valence-electron chi connectivity index (χ3n) is 3.96. The van der Waals surface area contributed by atoms with Crippen LogP contribution in [0.5, 0.6) is 0 Å². The number of carbonyl (C=O) groups excluding carboxylic acids is 1. The largest absolute Gasteiger partial charge is 0.399 e. The molecule has 2 aliphatic carbocycles. The molecule has 2 aliphatic rings. The molecule has 2 saturated carbocycles. The third-order valence-corrected chi connectivity index (χ3v) is 4.29. The van der Waals surface area contributed by atoms with E-state index in [2.05, 4.69) is 5.32 Å². The Morgan fingerprint density at radius 2 is 2.06 bits per heavy atom. The van der Waals surface area contributed by atoms with Gasteiger partial charge in [-0.25, -0.2) is 0 Å². The monoisotopic (exact) mass is 250 g/mol. The van der Waals surface area contributed by atoms with Gasteiger partial charge in [0.25, 0.3) is 0 Å². The molecule has 0 aromatic heterocycles. The number of rotatable bonds is 2. The molecule has 1 amide bonds. The van der Waals surface area contributed by atoms with E-state index in [4.69, 9.17) is 17.3 Å². The van der Waals surface area contributed by atoms with E-state index in [9.17, 15) is 4.79 Å². The highest BCUT2D eigenvalue weighted by atomic mass is 35.5. The Kier molecular flexibility index (Phi) is 2.51. The molecule has 3 N–H and O–H groups in total. The van der Waals surface area contributed by atoms with Crippen LogP contribution in [0, 0.1) is 17.8 Å². The molecule has 4 heteroatoms. The van der Waals surface area contributed by atoms with Gasteiger partial charge < -0.3 is 11.1 Å². The lowest BCUT2D eigenvalue weighted by molar-refractivity contribution is -0.118. The normalized spacial score (nSPS) is 29.8. The Morgan fingerprint density at radius 1 is 1.35 bits per heavy atom. The van der Waals surface area contributed by atoms with Gasteiger partial charge in [0.1, 0.15) is 0 Å². The SMILES string of the molecule is Nc1ccc(Cl)c(NC(=O)C2C3CCCC32)c1. The molecule has 0 heterocycles. The molecule has 0 aliphatic heterocycles. The Morgan fingerprint density at radius 3 is 2.76 bits per heavy atom. The number of nitrogens with one attached hydrogen (secondary N) is 1. The number of anilines is 2. The number of halogens is 1. The number of hydrogen-bond donors (Lipinski definition) is 2. The Balaban J connectivity index is 1.71. The lowest BCUT2D eigenvalue weighted by atomic mass is 10.1. The highest BCUT2D eigenvalue weighted by molar-refractivity contribution is 6.33. The van der Waals surface area contributed by atoms with Crippen molar-refractivity contribution >= 4 is 28.9 Å². The number of benzene rings is 1. The van der Waals surface area contributed by atoms with Crippen LogP contribution in [0.4, 0.5) is 11.4 Å². The minimum absolute atomic E-state index is 0.104. The fraction of sp³-hybridized carbons (Fsp3) is 0.462. The molecule has 0 bridgehead atoms. The zero-order chi connectivity index (χ0) is 12.0. The van der Waals surface area contributed by atoms with Crippen molar-refractivity contribution in [1.82, 2.24) is 0 Å². The van der Waals surface area contributed by atoms with Crippen LogP contribution in [0.2, 0.25) is 5.02 Å². The van der Waals surface area contributed by atoms with Crippen LogP contribution in [0.3, 0.4) is 0 Å². The third kappa shape index (κ3) is 1.89. The van der Waals surface area contributed by atoms with Gasteiger partial charge >= 0.3 is 0 Å². The number of nitrogen functional groups attached to an aromatic ring is 1. The molecule has 2 unspecified atom stereocenters. The first-order valence-corrected chi connectivity index (χ1v) is 6.40. The fourth-order valence-corrected chi connectivity index (χ4v) is 3.23. The van der Waals surface area contributed by atoms with Gasteiger partial charge in [0, 0.05) is 11.6 Å². The topological polar surface area (TPSA) is 55.1 Å². The van der Waals surface area contributed by atoms with E-state index in [1.807, 2.05) is 0 Å². The number of carbonyl (C=O) groups is 1. The van der Waals surface area contributed by atoms with Gasteiger partial charge in [-0.05, 0) is 42.9 Å². The quantitative estimate of drug-likeness (QED) is 0.793. The molecule has 90 valence electrons. The molecule has 2 fully saturated rings. The summed E-state index contributed by atoms with van der Waals surface area (Å²) in [5, 5.41) is 3.43. The minimum Gasteiger partial charge on any atom is -0.399 e. The van der Waals surface area contributed by atoms with Crippen molar-refractivity contribution in [2.75, 3.05) is 11.1 Å². The van der Waals surface area contributed by atoms with Crippen molar-refractivity contribution < 1.29 is 4.79 Å². The van der Waals surface area contributed by atoms with Crippen LogP contribution >= 0.6 is 11.6 Å². The number of hydrogen-bond acceptors (Lipinski definition) is 2. The van der Waals surface area contributed by atoms with Gasteiger partial charge in [-0.1, -0.05) is 18.0 Å². The molecule has 2 atom stereocenters. The molecule has 17 heavy (non-hydrogen) atoms. The molecular formula is C13H15ClN2O. The first kappa shape index (κ1) is 10.9. The fourth-order valence-electron chi connectivity index (χ4n) is 3.07. The van der Waals surface area contributed by atoms with E-state index < -0.39 is 0 Å². The van der Waals surface area contributed by atoms with Crippen LogP contribution < -0.4 is 11.1 Å². The second-order valence-electron chi connectivity index (χ2n) is 5.01. The zero-order valence-electron chi connectivity index (χ0n) is 9.45. The summed E-state index contributed by atoms with van der Waals surface area (Å²) in [5.74, 6) is 1.55. The number of amides is 1. The smallest absolute Gasteiger partial charge is 0.228 e. The predicted octanol–water partition coefficient (Wildman–Crippen LogP) is 2.91. The highest BCUT2D eigenvalue weighted by Crippen LogP contribution is 2.57. The van der Waals surface area contributed by atoms with Crippen LogP contribution in [-0.4, -0.2) is 5.91 Å². The molecule has 1 aromatic carbocycles. The predicted molar refractivity (Wildman–Crippen MR) is 68.8 cm³/mol. The van der Waals surface area contributed by atoms with Crippen molar-refractivity contribution in [3.63, 3.8) is 0 Å². The second kappa shape index (κ2) is 3.91. The van der Waals surface area contributed by atoms with Gasteiger partial charge in [-0.3, -0.25) is 4.79 Å². The molecule has 0 radical (unpaired) electrons. The maximum atomic E-state index is 12.0. The van der Waals surface area contributed by atoms with Gasteiger partial charge in [-0.2, -0.15) is 0 Å². The highest BCUT2D eigenvalue weighted by Gasteiger charge is 2.56. The molecule has 3 rings (SSSR count). The maximum absolute atomic E-state index is 12.0. The number of fused-ring (bicyclic) bond motifs is 1. The average Bonchev–Trinajstić information content (AvgIpc) is 2.78. The lowest BCUT2D eigenvalue weighted by Crippen LogP contribution is -2.16. The standard InChI is InChI=1S/C13H15ClN2O/c14-10-5-4-7(15)6-11(10)16-13(17)12-8-2-1-3-9(8)12/h4-6,8-9,12H,1-3,15H2,(H,16,17). The second-order valence-corrected chi connectivity index (χ2v) is 5.42. The first-order chi connectivity index (χ1) is 8.16.